The third kappa shape index (κ3) is 3.34. The molecular formula is C12H13BrO2S. The summed E-state index contributed by atoms with van der Waals surface area (Å²) in [6, 6.07) is 7.86. The van der Waals surface area contributed by atoms with Gasteiger partial charge < -0.3 is 4.74 Å². The largest absolute Gasteiger partial charge is 0.369 e. The zero-order valence-corrected chi connectivity index (χ0v) is 11.2. The van der Waals surface area contributed by atoms with Crippen molar-refractivity contribution in [2.75, 3.05) is 18.1 Å². The SMILES string of the molecule is O=C(Cc1ccc(Br)cc1)C1CSCCO1. The van der Waals surface area contributed by atoms with Crippen LogP contribution in [-0.4, -0.2) is 30.0 Å². The molecule has 0 N–H and O–H groups in total. The Labute approximate surface area is 108 Å². The Morgan fingerprint density at radius 3 is 2.81 bits per heavy atom. The fraction of sp³-hybridized carbons (Fsp3) is 0.417. The summed E-state index contributed by atoms with van der Waals surface area (Å²) in [6.07, 6.45) is 0.265. The van der Waals surface area contributed by atoms with Gasteiger partial charge in [0.25, 0.3) is 0 Å². The van der Waals surface area contributed by atoms with Crippen LogP contribution in [0.2, 0.25) is 0 Å². The number of rotatable bonds is 3. The molecule has 0 aromatic heterocycles. The van der Waals surface area contributed by atoms with Crippen LogP contribution in [0.1, 0.15) is 5.56 Å². The molecule has 1 fully saturated rings. The fourth-order valence-electron chi connectivity index (χ4n) is 1.59. The highest BCUT2D eigenvalue weighted by atomic mass is 79.9. The zero-order valence-electron chi connectivity index (χ0n) is 8.82. The third-order valence-corrected chi connectivity index (χ3v) is 3.99. The molecular weight excluding hydrogens is 288 g/mol. The number of Topliss-reactive ketones (excluding diaryl/α,β-unsaturated/α-hetero) is 1. The van der Waals surface area contributed by atoms with E-state index in [0.717, 1.165) is 21.5 Å². The highest BCUT2D eigenvalue weighted by molar-refractivity contribution is 9.10. The van der Waals surface area contributed by atoms with E-state index in [9.17, 15) is 4.79 Å². The van der Waals surface area contributed by atoms with Crippen molar-refractivity contribution in [1.82, 2.24) is 0 Å². The first kappa shape index (κ1) is 12.1. The van der Waals surface area contributed by atoms with E-state index >= 15 is 0 Å². The van der Waals surface area contributed by atoms with E-state index in [1.54, 1.807) is 11.8 Å². The highest BCUT2D eigenvalue weighted by Gasteiger charge is 2.22. The number of carbonyl (C=O) groups is 1. The average Bonchev–Trinajstić information content (AvgIpc) is 2.33. The van der Waals surface area contributed by atoms with Crippen molar-refractivity contribution in [3.63, 3.8) is 0 Å². The number of benzene rings is 1. The molecule has 86 valence electrons. The molecule has 0 spiro atoms. The van der Waals surface area contributed by atoms with Gasteiger partial charge in [-0.05, 0) is 17.7 Å². The van der Waals surface area contributed by atoms with E-state index in [1.165, 1.54) is 0 Å². The zero-order chi connectivity index (χ0) is 11.4. The first-order valence-electron chi connectivity index (χ1n) is 5.22. The van der Waals surface area contributed by atoms with Gasteiger partial charge in [0.1, 0.15) is 6.10 Å². The summed E-state index contributed by atoms with van der Waals surface area (Å²) in [6.45, 7) is 0.696. The summed E-state index contributed by atoms with van der Waals surface area (Å²) in [7, 11) is 0. The van der Waals surface area contributed by atoms with E-state index in [-0.39, 0.29) is 11.9 Å². The monoisotopic (exact) mass is 300 g/mol. The van der Waals surface area contributed by atoms with Crippen LogP contribution < -0.4 is 0 Å². The van der Waals surface area contributed by atoms with Gasteiger partial charge in [-0.3, -0.25) is 4.79 Å². The van der Waals surface area contributed by atoms with E-state index in [0.29, 0.717) is 13.0 Å². The van der Waals surface area contributed by atoms with Gasteiger partial charge >= 0.3 is 0 Å². The van der Waals surface area contributed by atoms with Gasteiger partial charge in [-0.25, -0.2) is 0 Å². The Bertz CT molecular complexity index is 358. The van der Waals surface area contributed by atoms with Crippen LogP contribution in [0, 0.1) is 0 Å². The molecule has 1 atom stereocenters. The smallest absolute Gasteiger partial charge is 0.166 e. The van der Waals surface area contributed by atoms with Crippen molar-refractivity contribution < 1.29 is 9.53 Å². The molecule has 0 saturated carbocycles. The van der Waals surface area contributed by atoms with Gasteiger partial charge in [-0.15, -0.1) is 0 Å². The first-order valence-corrected chi connectivity index (χ1v) is 7.17. The summed E-state index contributed by atoms with van der Waals surface area (Å²) >= 11 is 5.17. The second-order valence-corrected chi connectivity index (χ2v) is 5.77. The van der Waals surface area contributed by atoms with Crippen LogP contribution in [0.5, 0.6) is 0 Å². The Hall–Kier alpha value is -0.320. The predicted molar refractivity (Wildman–Crippen MR) is 69.9 cm³/mol. The molecule has 1 aromatic rings. The number of hydrogen-bond donors (Lipinski definition) is 0. The van der Waals surface area contributed by atoms with Crippen LogP contribution in [0.4, 0.5) is 0 Å². The second kappa shape index (κ2) is 5.84. The number of halogens is 1. The molecule has 1 aliphatic heterocycles. The topological polar surface area (TPSA) is 26.3 Å². The van der Waals surface area contributed by atoms with Gasteiger partial charge in [0, 0.05) is 22.4 Å². The molecule has 4 heteroatoms. The summed E-state index contributed by atoms with van der Waals surface area (Å²) in [5, 5.41) is 0. The number of hydrogen-bond acceptors (Lipinski definition) is 3. The normalized spacial score (nSPS) is 20.7. The van der Waals surface area contributed by atoms with Crippen molar-refractivity contribution in [1.29, 1.82) is 0 Å². The lowest BCUT2D eigenvalue weighted by Crippen LogP contribution is -2.32. The van der Waals surface area contributed by atoms with E-state index < -0.39 is 0 Å². The van der Waals surface area contributed by atoms with Crippen molar-refractivity contribution in [2.45, 2.75) is 12.5 Å². The molecule has 0 radical (unpaired) electrons. The molecule has 16 heavy (non-hydrogen) atoms. The van der Waals surface area contributed by atoms with Crippen LogP contribution >= 0.6 is 27.7 Å². The van der Waals surface area contributed by atoms with Crippen LogP contribution in [0.3, 0.4) is 0 Å². The first-order chi connectivity index (χ1) is 7.75. The van der Waals surface area contributed by atoms with Crippen LogP contribution in [0.25, 0.3) is 0 Å². The molecule has 2 rings (SSSR count). The minimum atomic E-state index is -0.206. The van der Waals surface area contributed by atoms with E-state index in [4.69, 9.17) is 4.74 Å². The van der Waals surface area contributed by atoms with Gasteiger partial charge in [-0.1, -0.05) is 28.1 Å². The molecule has 0 aliphatic carbocycles. The lowest BCUT2D eigenvalue weighted by atomic mass is 10.1. The Balaban J connectivity index is 1.93. The fourth-order valence-corrected chi connectivity index (χ4v) is 2.73. The van der Waals surface area contributed by atoms with Crippen molar-refractivity contribution in [3.8, 4) is 0 Å². The standard InChI is InChI=1S/C12H13BrO2S/c13-10-3-1-9(2-4-10)7-11(14)12-8-16-6-5-15-12/h1-4,12H,5-8H2. The molecule has 1 heterocycles. The van der Waals surface area contributed by atoms with Crippen molar-refractivity contribution >= 4 is 33.5 Å². The summed E-state index contributed by atoms with van der Waals surface area (Å²) in [5.74, 6) is 1.99. The predicted octanol–water partition coefficient (Wildman–Crippen LogP) is 2.69. The molecule has 1 aliphatic rings. The van der Waals surface area contributed by atoms with Gasteiger partial charge in [0.15, 0.2) is 5.78 Å². The van der Waals surface area contributed by atoms with Crippen LogP contribution in [0.15, 0.2) is 28.7 Å². The summed E-state index contributed by atoms with van der Waals surface area (Å²) in [5.41, 5.74) is 1.05. The summed E-state index contributed by atoms with van der Waals surface area (Å²) < 4.78 is 6.49. The highest BCUT2D eigenvalue weighted by Crippen LogP contribution is 2.16. The maximum atomic E-state index is 11.9. The average molecular weight is 301 g/mol. The second-order valence-electron chi connectivity index (χ2n) is 3.70. The maximum absolute atomic E-state index is 11.9. The third-order valence-electron chi connectivity index (χ3n) is 2.47. The lowest BCUT2D eigenvalue weighted by Gasteiger charge is -2.20. The van der Waals surface area contributed by atoms with Crippen LogP contribution in [-0.2, 0) is 16.0 Å². The van der Waals surface area contributed by atoms with Gasteiger partial charge in [-0.2, -0.15) is 11.8 Å². The number of ketones is 1. The Kier molecular flexibility index (Phi) is 4.44. The van der Waals surface area contributed by atoms with E-state index in [1.807, 2.05) is 24.3 Å². The number of carbonyl (C=O) groups excluding carboxylic acids is 1. The molecule has 1 unspecified atom stereocenters. The van der Waals surface area contributed by atoms with Gasteiger partial charge in [0.05, 0.1) is 6.61 Å². The van der Waals surface area contributed by atoms with E-state index in [2.05, 4.69) is 15.9 Å². The minimum Gasteiger partial charge on any atom is -0.369 e. The Morgan fingerprint density at radius 2 is 2.19 bits per heavy atom. The number of thioether (sulfide) groups is 1. The molecule has 1 saturated heterocycles. The molecule has 2 nitrogen and oxygen atoms in total. The minimum absolute atomic E-state index is 0.189. The molecule has 0 bridgehead atoms. The maximum Gasteiger partial charge on any atom is 0.166 e. The summed E-state index contributed by atoms with van der Waals surface area (Å²) in [4.78, 5) is 11.9. The Morgan fingerprint density at radius 1 is 1.44 bits per heavy atom. The molecule has 0 amide bonds. The quantitative estimate of drug-likeness (QED) is 0.858. The van der Waals surface area contributed by atoms with Crippen molar-refractivity contribution in [2.24, 2.45) is 0 Å². The lowest BCUT2D eigenvalue weighted by molar-refractivity contribution is -0.128. The number of ether oxygens (including phenoxy) is 1. The van der Waals surface area contributed by atoms with Crippen molar-refractivity contribution in [3.05, 3.63) is 34.3 Å². The van der Waals surface area contributed by atoms with Gasteiger partial charge in [0.2, 0.25) is 0 Å². The molecule has 1 aromatic carbocycles.